The molecule has 0 saturated heterocycles. The summed E-state index contributed by atoms with van der Waals surface area (Å²) in [5, 5.41) is 0. The summed E-state index contributed by atoms with van der Waals surface area (Å²) in [6.45, 7) is 8.47. The summed E-state index contributed by atoms with van der Waals surface area (Å²) >= 11 is 0. The van der Waals surface area contributed by atoms with Gasteiger partial charge in [-0.15, -0.1) is 0 Å². The monoisotopic (exact) mass is 626 g/mol. The van der Waals surface area contributed by atoms with E-state index < -0.39 is 0 Å². The predicted octanol–water partition coefficient (Wildman–Crippen LogP) is 11.8. The van der Waals surface area contributed by atoms with Gasteiger partial charge < -0.3 is 9.47 Å². The van der Waals surface area contributed by atoms with Crippen LogP contribution >= 0.6 is 0 Å². The molecule has 48 heavy (non-hydrogen) atoms. The average molecular weight is 627 g/mol. The lowest BCUT2D eigenvalue weighted by molar-refractivity contribution is 0.413. The zero-order chi connectivity index (χ0) is 33.6. The van der Waals surface area contributed by atoms with Crippen molar-refractivity contribution in [3.8, 4) is 22.6 Å². The molecule has 0 amide bonds. The largest absolute Gasteiger partial charge is 0.496 e. The van der Waals surface area contributed by atoms with Crippen LogP contribution in [0.2, 0.25) is 0 Å². The van der Waals surface area contributed by atoms with Crippen molar-refractivity contribution in [2.45, 2.75) is 27.7 Å². The molecule has 0 bridgehead atoms. The Morgan fingerprint density at radius 1 is 0.375 bits per heavy atom. The SMILES string of the molecule is COc1cc(-c2ccc(C=C(c3ccc(C)cc3)c3ccc(C)cc3)c(OC)c2)ccc1C=C(c1ccc(C)cc1)c1ccc(C)cc1. The van der Waals surface area contributed by atoms with E-state index in [1.165, 1.54) is 44.5 Å². The fourth-order valence-corrected chi connectivity index (χ4v) is 5.93. The van der Waals surface area contributed by atoms with Crippen molar-refractivity contribution >= 4 is 23.3 Å². The third-order valence-corrected chi connectivity index (χ3v) is 8.85. The molecule has 0 aromatic heterocycles. The first kappa shape index (κ1) is 32.3. The first-order valence-electron chi connectivity index (χ1n) is 16.4. The standard InChI is InChI=1S/C46H42O2/c1-31-7-15-35(16-8-31)43(36-17-9-32(2)10-18-36)27-41-25-23-39(29-45(41)47-5)40-24-26-42(46(30-40)48-6)28-44(37-19-11-33(3)12-20-37)38-21-13-34(4)14-22-38/h7-30H,1-6H3. The van der Waals surface area contributed by atoms with Crippen LogP contribution in [0, 0.1) is 27.7 Å². The quantitative estimate of drug-likeness (QED) is 0.149. The van der Waals surface area contributed by atoms with Crippen molar-refractivity contribution in [3.63, 3.8) is 0 Å². The smallest absolute Gasteiger partial charge is 0.126 e. The van der Waals surface area contributed by atoms with Gasteiger partial charge in [-0.2, -0.15) is 0 Å². The van der Waals surface area contributed by atoms with E-state index >= 15 is 0 Å². The molecule has 2 heteroatoms. The van der Waals surface area contributed by atoms with Gasteiger partial charge in [0.1, 0.15) is 11.5 Å². The predicted molar refractivity (Wildman–Crippen MR) is 204 cm³/mol. The molecule has 0 N–H and O–H groups in total. The Bertz CT molecular complexity index is 1830. The van der Waals surface area contributed by atoms with E-state index in [9.17, 15) is 0 Å². The van der Waals surface area contributed by atoms with Crippen molar-refractivity contribution in [3.05, 3.63) is 189 Å². The van der Waals surface area contributed by atoms with E-state index in [2.05, 4.69) is 173 Å². The molecule has 6 aromatic rings. The van der Waals surface area contributed by atoms with Crippen molar-refractivity contribution < 1.29 is 9.47 Å². The Kier molecular flexibility index (Phi) is 9.73. The highest BCUT2D eigenvalue weighted by Crippen LogP contribution is 2.36. The Morgan fingerprint density at radius 3 is 0.896 bits per heavy atom. The second-order valence-electron chi connectivity index (χ2n) is 12.5. The van der Waals surface area contributed by atoms with Gasteiger partial charge in [-0.1, -0.05) is 144 Å². The highest BCUT2D eigenvalue weighted by atomic mass is 16.5. The number of methoxy groups -OCH3 is 2. The molecule has 0 aliphatic carbocycles. The Labute approximate surface area is 285 Å². The van der Waals surface area contributed by atoms with E-state index in [1.807, 2.05) is 0 Å². The van der Waals surface area contributed by atoms with Gasteiger partial charge in [0.05, 0.1) is 14.2 Å². The number of aryl methyl sites for hydroxylation is 4. The molecule has 0 fully saturated rings. The van der Waals surface area contributed by atoms with Crippen LogP contribution in [0.25, 0.3) is 34.4 Å². The molecule has 0 unspecified atom stereocenters. The topological polar surface area (TPSA) is 18.5 Å². The lowest BCUT2D eigenvalue weighted by Gasteiger charge is -2.15. The third-order valence-electron chi connectivity index (χ3n) is 8.85. The van der Waals surface area contributed by atoms with Crippen molar-refractivity contribution in [2.75, 3.05) is 14.2 Å². The maximum atomic E-state index is 5.98. The lowest BCUT2D eigenvalue weighted by atomic mass is 9.93. The minimum absolute atomic E-state index is 0.813. The highest BCUT2D eigenvalue weighted by molar-refractivity contribution is 5.94. The van der Waals surface area contributed by atoms with E-state index in [0.717, 1.165) is 44.9 Å². The first-order valence-corrected chi connectivity index (χ1v) is 16.4. The second kappa shape index (κ2) is 14.4. The molecule has 2 nitrogen and oxygen atoms in total. The molecule has 6 rings (SSSR count). The molecular formula is C46H42O2. The molecule has 0 atom stereocenters. The van der Waals surface area contributed by atoms with Crippen molar-refractivity contribution in [1.82, 2.24) is 0 Å². The van der Waals surface area contributed by atoms with Crippen LogP contribution in [0.3, 0.4) is 0 Å². The summed E-state index contributed by atoms with van der Waals surface area (Å²) in [4.78, 5) is 0. The number of rotatable bonds is 9. The molecule has 0 aliphatic heterocycles. The maximum Gasteiger partial charge on any atom is 0.126 e. The van der Waals surface area contributed by atoms with Gasteiger partial charge in [0.2, 0.25) is 0 Å². The zero-order valence-electron chi connectivity index (χ0n) is 28.7. The van der Waals surface area contributed by atoms with Gasteiger partial charge in [0.15, 0.2) is 0 Å². The highest BCUT2D eigenvalue weighted by Gasteiger charge is 2.13. The van der Waals surface area contributed by atoms with Crippen LogP contribution in [-0.4, -0.2) is 14.2 Å². The fourth-order valence-electron chi connectivity index (χ4n) is 5.93. The van der Waals surface area contributed by atoms with Crippen LogP contribution in [0.4, 0.5) is 0 Å². The molecule has 238 valence electrons. The van der Waals surface area contributed by atoms with Crippen molar-refractivity contribution in [1.29, 1.82) is 0 Å². The molecule has 0 heterocycles. The summed E-state index contributed by atoms with van der Waals surface area (Å²) in [5.74, 6) is 1.63. The minimum atomic E-state index is 0.813. The van der Waals surface area contributed by atoms with Gasteiger partial charge >= 0.3 is 0 Å². The van der Waals surface area contributed by atoms with Gasteiger partial charge in [0, 0.05) is 11.1 Å². The van der Waals surface area contributed by atoms with Crippen LogP contribution in [0.15, 0.2) is 133 Å². The number of ether oxygens (including phenoxy) is 2. The van der Waals surface area contributed by atoms with Crippen molar-refractivity contribution in [2.24, 2.45) is 0 Å². The maximum absolute atomic E-state index is 5.98. The second-order valence-corrected chi connectivity index (χ2v) is 12.5. The van der Waals surface area contributed by atoms with E-state index in [-0.39, 0.29) is 0 Å². The molecule has 0 spiro atoms. The molecule has 0 radical (unpaired) electrons. The van der Waals surface area contributed by atoms with Crippen LogP contribution < -0.4 is 9.47 Å². The summed E-state index contributed by atoms with van der Waals surface area (Å²) in [6, 6.07) is 47.6. The van der Waals surface area contributed by atoms with Crippen LogP contribution in [0.1, 0.15) is 55.6 Å². The van der Waals surface area contributed by atoms with E-state index in [1.54, 1.807) is 14.2 Å². The summed E-state index contributed by atoms with van der Waals surface area (Å²) in [6.07, 6.45) is 4.45. The number of hydrogen-bond acceptors (Lipinski definition) is 2. The van der Waals surface area contributed by atoms with Gasteiger partial charge in [0.25, 0.3) is 0 Å². The normalized spacial score (nSPS) is 10.7. The summed E-state index contributed by atoms with van der Waals surface area (Å²) < 4.78 is 12.0. The van der Waals surface area contributed by atoms with Gasteiger partial charge in [-0.25, -0.2) is 0 Å². The molecule has 0 saturated carbocycles. The van der Waals surface area contributed by atoms with E-state index in [0.29, 0.717) is 0 Å². The first-order chi connectivity index (χ1) is 23.3. The lowest BCUT2D eigenvalue weighted by Crippen LogP contribution is -1.94. The van der Waals surface area contributed by atoms with Gasteiger partial charge in [-0.3, -0.25) is 0 Å². The fraction of sp³-hybridized carbons (Fsp3) is 0.130. The molecule has 6 aromatic carbocycles. The molecular weight excluding hydrogens is 585 g/mol. The summed E-state index contributed by atoms with van der Waals surface area (Å²) in [5.41, 5.74) is 16.1. The Balaban J connectivity index is 1.39. The number of hydrogen-bond donors (Lipinski definition) is 0. The average Bonchev–Trinajstić information content (AvgIpc) is 3.11. The number of benzene rings is 6. The summed E-state index contributed by atoms with van der Waals surface area (Å²) in [7, 11) is 3.47. The van der Waals surface area contributed by atoms with Crippen LogP contribution in [-0.2, 0) is 0 Å². The minimum Gasteiger partial charge on any atom is -0.496 e. The Hall–Kier alpha value is -5.60. The molecule has 0 aliphatic rings. The van der Waals surface area contributed by atoms with E-state index in [4.69, 9.17) is 9.47 Å². The van der Waals surface area contributed by atoms with Crippen LogP contribution in [0.5, 0.6) is 11.5 Å². The Morgan fingerprint density at radius 2 is 0.646 bits per heavy atom. The zero-order valence-corrected chi connectivity index (χ0v) is 28.7. The third kappa shape index (κ3) is 7.35. The van der Waals surface area contributed by atoms with Gasteiger partial charge in [-0.05, 0) is 96.5 Å².